The largest absolute Gasteiger partial charge is 0.370 e. The van der Waals surface area contributed by atoms with Gasteiger partial charge in [-0.15, -0.1) is 0 Å². The van der Waals surface area contributed by atoms with Gasteiger partial charge in [-0.2, -0.15) is 0 Å². The van der Waals surface area contributed by atoms with E-state index in [1.807, 2.05) is 12.1 Å². The van der Waals surface area contributed by atoms with Gasteiger partial charge in [0, 0.05) is 30.5 Å². The van der Waals surface area contributed by atoms with Gasteiger partial charge in [-0.3, -0.25) is 4.79 Å². The zero-order chi connectivity index (χ0) is 13.0. The molecule has 1 aliphatic heterocycles. The van der Waals surface area contributed by atoms with E-state index in [-0.39, 0.29) is 0 Å². The zero-order valence-electron chi connectivity index (χ0n) is 11.1. The number of hydrogen-bond acceptors (Lipinski definition) is 3. The number of amides is 1. The number of likely N-dealkylation sites (N-methyl/N-ethyl adjacent to an activating group) is 1. The van der Waals surface area contributed by atoms with Crippen LogP contribution in [0.2, 0.25) is 0 Å². The fourth-order valence-electron chi connectivity index (χ4n) is 2.45. The Kier molecular flexibility index (Phi) is 4.20. The number of piperidine rings is 1. The van der Waals surface area contributed by atoms with E-state index < -0.39 is 0 Å². The Balaban J connectivity index is 2.04. The van der Waals surface area contributed by atoms with Crippen molar-refractivity contribution in [3.8, 4) is 0 Å². The van der Waals surface area contributed by atoms with Gasteiger partial charge in [0.25, 0.3) is 0 Å². The van der Waals surface area contributed by atoms with Gasteiger partial charge in [0.1, 0.15) is 0 Å². The second-order valence-electron chi connectivity index (χ2n) is 5.01. The Hall–Kier alpha value is -1.55. The zero-order valence-corrected chi connectivity index (χ0v) is 11.1. The van der Waals surface area contributed by atoms with E-state index in [2.05, 4.69) is 41.3 Å². The number of nitrogens with one attached hydrogen (secondary N) is 1. The van der Waals surface area contributed by atoms with Crippen LogP contribution in [0.3, 0.4) is 0 Å². The molecule has 98 valence electrons. The molecule has 1 N–H and O–H groups in total. The van der Waals surface area contributed by atoms with E-state index in [9.17, 15) is 4.79 Å². The van der Waals surface area contributed by atoms with E-state index in [4.69, 9.17) is 0 Å². The molecule has 0 aromatic heterocycles. The summed E-state index contributed by atoms with van der Waals surface area (Å²) in [6, 6.07) is 8.67. The first-order valence-electron chi connectivity index (χ1n) is 6.42. The summed E-state index contributed by atoms with van der Waals surface area (Å²) in [5, 5.41) is 2.66. The normalized spacial score (nSPS) is 19.9. The Morgan fingerprint density at radius 2 is 2.06 bits per heavy atom. The lowest BCUT2D eigenvalue weighted by atomic mass is 10.0. The number of benzene rings is 1. The van der Waals surface area contributed by atoms with Crippen molar-refractivity contribution in [3.05, 3.63) is 24.3 Å². The molecule has 4 nitrogen and oxygen atoms in total. The maximum atomic E-state index is 10.4. The van der Waals surface area contributed by atoms with Crippen molar-refractivity contribution in [2.75, 3.05) is 37.4 Å². The molecule has 1 amide bonds. The molecule has 18 heavy (non-hydrogen) atoms. The van der Waals surface area contributed by atoms with Crippen LogP contribution in [0.1, 0.15) is 12.8 Å². The molecule has 1 atom stereocenters. The first-order chi connectivity index (χ1) is 8.70. The molecule has 0 aliphatic carbocycles. The van der Waals surface area contributed by atoms with Crippen LogP contribution in [0.4, 0.5) is 11.4 Å². The molecule has 1 aromatic carbocycles. The molecule has 1 fully saturated rings. The lowest BCUT2D eigenvalue weighted by molar-refractivity contribution is -0.105. The van der Waals surface area contributed by atoms with Crippen molar-refractivity contribution in [2.24, 2.45) is 0 Å². The van der Waals surface area contributed by atoms with Crippen LogP contribution in [0.15, 0.2) is 24.3 Å². The Labute approximate surface area is 109 Å². The van der Waals surface area contributed by atoms with Gasteiger partial charge in [-0.05, 0) is 51.2 Å². The van der Waals surface area contributed by atoms with Crippen molar-refractivity contribution < 1.29 is 4.79 Å². The second kappa shape index (κ2) is 5.87. The summed E-state index contributed by atoms with van der Waals surface area (Å²) in [4.78, 5) is 15.1. The third-order valence-electron chi connectivity index (χ3n) is 3.58. The SMILES string of the molecule is CN(C)C1CCCN(c2ccc(NC=O)cc2)C1. The molecule has 1 saturated heterocycles. The standard InChI is InChI=1S/C14H21N3O/c1-16(2)14-4-3-9-17(10-14)13-7-5-12(6-8-13)15-11-18/h5-8,11,14H,3-4,9-10H2,1-2H3,(H,15,18). The minimum atomic E-state index is 0.631. The summed E-state index contributed by atoms with van der Waals surface area (Å²) in [5.41, 5.74) is 2.08. The average molecular weight is 247 g/mol. The van der Waals surface area contributed by atoms with Crippen molar-refractivity contribution in [3.63, 3.8) is 0 Å². The molecule has 1 heterocycles. The molecular weight excluding hydrogens is 226 g/mol. The molecule has 0 saturated carbocycles. The quantitative estimate of drug-likeness (QED) is 0.824. The Bertz CT molecular complexity index is 389. The number of anilines is 2. The predicted octanol–water partition coefficient (Wildman–Crippen LogP) is 1.79. The van der Waals surface area contributed by atoms with Gasteiger partial charge in [0.05, 0.1) is 0 Å². The van der Waals surface area contributed by atoms with Gasteiger partial charge in [-0.1, -0.05) is 0 Å². The highest BCUT2D eigenvalue weighted by Crippen LogP contribution is 2.23. The summed E-state index contributed by atoms with van der Waals surface area (Å²) < 4.78 is 0. The van der Waals surface area contributed by atoms with Crippen LogP contribution >= 0.6 is 0 Å². The van der Waals surface area contributed by atoms with E-state index in [1.165, 1.54) is 18.5 Å². The van der Waals surface area contributed by atoms with E-state index in [0.29, 0.717) is 12.5 Å². The fourth-order valence-corrected chi connectivity index (χ4v) is 2.45. The highest BCUT2D eigenvalue weighted by Gasteiger charge is 2.21. The van der Waals surface area contributed by atoms with Crippen LogP contribution in [-0.2, 0) is 4.79 Å². The van der Waals surface area contributed by atoms with Crippen molar-refractivity contribution >= 4 is 17.8 Å². The second-order valence-corrected chi connectivity index (χ2v) is 5.01. The molecule has 1 aromatic rings. The lowest BCUT2D eigenvalue weighted by Crippen LogP contribution is -2.45. The minimum Gasteiger partial charge on any atom is -0.370 e. The number of nitrogens with zero attached hydrogens (tertiary/aromatic N) is 2. The molecular formula is C14H21N3O. The summed E-state index contributed by atoms with van der Waals surface area (Å²) in [5.74, 6) is 0. The maximum Gasteiger partial charge on any atom is 0.211 e. The monoisotopic (exact) mass is 247 g/mol. The van der Waals surface area contributed by atoms with Crippen molar-refractivity contribution in [1.82, 2.24) is 4.90 Å². The van der Waals surface area contributed by atoms with Crippen molar-refractivity contribution in [1.29, 1.82) is 0 Å². The minimum absolute atomic E-state index is 0.631. The molecule has 1 aliphatic rings. The lowest BCUT2D eigenvalue weighted by Gasteiger charge is -2.37. The molecule has 0 spiro atoms. The topological polar surface area (TPSA) is 35.6 Å². The highest BCUT2D eigenvalue weighted by atomic mass is 16.1. The summed E-state index contributed by atoms with van der Waals surface area (Å²) in [6.45, 7) is 2.19. The Morgan fingerprint density at radius 1 is 1.33 bits per heavy atom. The maximum absolute atomic E-state index is 10.4. The van der Waals surface area contributed by atoms with Crippen LogP contribution in [-0.4, -0.2) is 44.5 Å². The smallest absolute Gasteiger partial charge is 0.211 e. The van der Waals surface area contributed by atoms with Crippen LogP contribution < -0.4 is 10.2 Å². The first-order valence-corrected chi connectivity index (χ1v) is 6.42. The first kappa shape index (κ1) is 12.9. The molecule has 2 rings (SSSR count). The number of carbonyl (C=O) groups is 1. The van der Waals surface area contributed by atoms with E-state index in [0.717, 1.165) is 18.8 Å². The molecule has 0 bridgehead atoms. The van der Waals surface area contributed by atoms with E-state index >= 15 is 0 Å². The molecule has 4 heteroatoms. The summed E-state index contributed by atoms with van der Waals surface area (Å²) >= 11 is 0. The third kappa shape index (κ3) is 3.01. The Morgan fingerprint density at radius 3 is 2.67 bits per heavy atom. The summed E-state index contributed by atoms with van der Waals surface area (Å²) in [7, 11) is 4.29. The average Bonchev–Trinajstić information content (AvgIpc) is 2.40. The van der Waals surface area contributed by atoms with Crippen LogP contribution in [0.25, 0.3) is 0 Å². The van der Waals surface area contributed by atoms with E-state index in [1.54, 1.807) is 0 Å². The van der Waals surface area contributed by atoms with Crippen LogP contribution in [0, 0.1) is 0 Å². The summed E-state index contributed by atoms with van der Waals surface area (Å²) in [6.07, 6.45) is 3.21. The van der Waals surface area contributed by atoms with Gasteiger partial charge >= 0.3 is 0 Å². The predicted molar refractivity (Wildman–Crippen MR) is 75.1 cm³/mol. The highest BCUT2D eigenvalue weighted by molar-refractivity contribution is 5.72. The fraction of sp³-hybridized carbons (Fsp3) is 0.500. The van der Waals surface area contributed by atoms with Gasteiger partial charge in [0.2, 0.25) is 6.41 Å². The molecule has 1 unspecified atom stereocenters. The van der Waals surface area contributed by atoms with Gasteiger partial charge in [-0.25, -0.2) is 0 Å². The third-order valence-corrected chi connectivity index (χ3v) is 3.58. The van der Waals surface area contributed by atoms with Crippen molar-refractivity contribution in [2.45, 2.75) is 18.9 Å². The van der Waals surface area contributed by atoms with Gasteiger partial charge in [0.15, 0.2) is 0 Å². The van der Waals surface area contributed by atoms with Gasteiger partial charge < -0.3 is 15.1 Å². The molecule has 0 radical (unpaired) electrons. The number of carbonyl (C=O) groups excluding carboxylic acids is 1. The number of rotatable bonds is 4. The number of hydrogen-bond donors (Lipinski definition) is 1. The van der Waals surface area contributed by atoms with Crippen LogP contribution in [0.5, 0.6) is 0 Å².